The molecule has 0 amide bonds. The maximum Gasteiger partial charge on any atom is 0.237 e. The molecule has 21 heavy (non-hydrogen) atoms. The second-order valence-corrected chi connectivity index (χ2v) is 5.05. The highest BCUT2D eigenvalue weighted by molar-refractivity contribution is 5.85. The quantitative estimate of drug-likeness (QED) is 0.741. The van der Waals surface area contributed by atoms with E-state index >= 15 is 0 Å². The van der Waals surface area contributed by atoms with Crippen molar-refractivity contribution in [3.63, 3.8) is 0 Å². The van der Waals surface area contributed by atoms with Gasteiger partial charge in [0.15, 0.2) is 0 Å². The monoisotopic (exact) mass is 278 g/mol. The first kappa shape index (κ1) is 12.1. The van der Waals surface area contributed by atoms with Crippen molar-refractivity contribution in [3.8, 4) is 17.0 Å². The van der Waals surface area contributed by atoms with Crippen LogP contribution in [0.25, 0.3) is 22.0 Å². The maximum atomic E-state index is 5.57. The molecule has 4 rings (SSSR count). The van der Waals surface area contributed by atoms with Gasteiger partial charge in [0.25, 0.3) is 0 Å². The van der Waals surface area contributed by atoms with Crippen LogP contribution in [0.3, 0.4) is 0 Å². The van der Waals surface area contributed by atoms with E-state index in [1.165, 1.54) is 0 Å². The largest absolute Gasteiger partial charge is 0.474 e. The summed E-state index contributed by atoms with van der Waals surface area (Å²) in [6, 6.07) is 6.18. The molecule has 104 valence electrons. The Bertz CT molecular complexity index is 832. The molecule has 0 fully saturated rings. The number of hydrogen-bond acceptors (Lipinski definition) is 5. The summed E-state index contributed by atoms with van der Waals surface area (Å²) in [5, 5.41) is 4.40. The van der Waals surface area contributed by atoms with E-state index in [4.69, 9.17) is 4.74 Å². The van der Waals surface area contributed by atoms with Gasteiger partial charge in [0.05, 0.1) is 5.52 Å². The van der Waals surface area contributed by atoms with Crippen molar-refractivity contribution in [1.29, 1.82) is 0 Å². The van der Waals surface area contributed by atoms with Crippen molar-refractivity contribution in [2.75, 3.05) is 18.5 Å². The Morgan fingerprint density at radius 2 is 2.14 bits per heavy atom. The lowest BCUT2D eigenvalue weighted by Gasteiger charge is -2.21. The maximum absolute atomic E-state index is 5.57. The number of nitrogens with one attached hydrogen (secondary N) is 1. The summed E-state index contributed by atoms with van der Waals surface area (Å²) in [5.74, 6) is 0.686. The molecule has 1 aromatic carbocycles. The number of fused-ring (bicyclic) bond motifs is 2. The van der Waals surface area contributed by atoms with Crippen LogP contribution in [0.15, 0.2) is 36.9 Å². The summed E-state index contributed by atoms with van der Waals surface area (Å²) in [5.41, 5.74) is 5.26. The van der Waals surface area contributed by atoms with Crippen LogP contribution >= 0.6 is 0 Å². The first-order chi connectivity index (χ1) is 10.3. The van der Waals surface area contributed by atoms with E-state index in [0.29, 0.717) is 12.5 Å². The van der Waals surface area contributed by atoms with Gasteiger partial charge in [-0.25, -0.2) is 15.0 Å². The molecule has 2 aromatic heterocycles. The molecular weight excluding hydrogens is 264 g/mol. The van der Waals surface area contributed by atoms with Crippen LogP contribution in [0.4, 0.5) is 5.69 Å². The van der Waals surface area contributed by atoms with Gasteiger partial charge in [0.1, 0.15) is 18.6 Å². The highest BCUT2D eigenvalue weighted by Gasteiger charge is 2.17. The van der Waals surface area contributed by atoms with Crippen LogP contribution in [0, 0.1) is 6.92 Å². The molecule has 0 spiro atoms. The summed E-state index contributed by atoms with van der Waals surface area (Å²) >= 11 is 0. The lowest BCUT2D eigenvalue weighted by Crippen LogP contribution is -2.20. The lowest BCUT2D eigenvalue weighted by molar-refractivity contribution is 0.310. The number of rotatable bonds is 1. The summed E-state index contributed by atoms with van der Waals surface area (Å²) in [4.78, 5) is 12.8. The molecular formula is C16H14N4O. The Hall–Kier alpha value is -2.69. The molecule has 0 radical (unpaired) electrons. The molecule has 5 nitrogen and oxygen atoms in total. The number of benzene rings is 1. The second kappa shape index (κ2) is 4.70. The minimum absolute atomic E-state index is 0.658. The third-order valence-corrected chi connectivity index (χ3v) is 3.76. The molecule has 5 heteroatoms. The van der Waals surface area contributed by atoms with Gasteiger partial charge in [0, 0.05) is 29.9 Å². The van der Waals surface area contributed by atoms with Crippen LogP contribution in [0.5, 0.6) is 5.88 Å². The van der Waals surface area contributed by atoms with Crippen molar-refractivity contribution >= 4 is 16.6 Å². The Balaban J connectivity index is 1.88. The van der Waals surface area contributed by atoms with Gasteiger partial charge in [-0.05, 0) is 24.1 Å². The van der Waals surface area contributed by atoms with E-state index < -0.39 is 0 Å². The van der Waals surface area contributed by atoms with Gasteiger partial charge in [-0.3, -0.25) is 0 Å². The van der Waals surface area contributed by atoms with Crippen molar-refractivity contribution in [2.45, 2.75) is 6.92 Å². The van der Waals surface area contributed by atoms with Crippen molar-refractivity contribution in [2.24, 2.45) is 0 Å². The number of anilines is 1. The Morgan fingerprint density at radius 1 is 1.19 bits per heavy atom. The van der Waals surface area contributed by atoms with Crippen LogP contribution in [0.1, 0.15) is 5.56 Å². The highest BCUT2D eigenvalue weighted by Crippen LogP contribution is 2.35. The molecule has 0 saturated carbocycles. The molecule has 1 aliphatic rings. The van der Waals surface area contributed by atoms with E-state index in [1.807, 2.05) is 18.5 Å². The molecule has 1 N–H and O–H groups in total. The van der Waals surface area contributed by atoms with Crippen LogP contribution < -0.4 is 10.1 Å². The van der Waals surface area contributed by atoms with Crippen LogP contribution in [-0.4, -0.2) is 28.1 Å². The summed E-state index contributed by atoms with van der Waals surface area (Å²) < 4.78 is 5.57. The SMILES string of the molecule is Cc1c(-c2ccc3cncnc3c2)cnc2c1NCCO2. The van der Waals surface area contributed by atoms with E-state index in [2.05, 4.69) is 39.3 Å². The average molecular weight is 278 g/mol. The number of nitrogens with zero attached hydrogens (tertiary/aromatic N) is 3. The number of pyridine rings is 1. The van der Waals surface area contributed by atoms with Crippen LogP contribution in [0.2, 0.25) is 0 Å². The topological polar surface area (TPSA) is 59.9 Å². The normalized spacial score (nSPS) is 13.4. The fraction of sp³-hybridized carbons (Fsp3) is 0.188. The first-order valence-electron chi connectivity index (χ1n) is 6.89. The average Bonchev–Trinajstić information content (AvgIpc) is 2.55. The summed E-state index contributed by atoms with van der Waals surface area (Å²) in [6.45, 7) is 3.55. The van der Waals surface area contributed by atoms with Gasteiger partial charge in [-0.15, -0.1) is 0 Å². The minimum Gasteiger partial charge on any atom is -0.474 e. The zero-order valence-electron chi connectivity index (χ0n) is 11.6. The van der Waals surface area contributed by atoms with E-state index in [-0.39, 0.29) is 0 Å². The van der Waals surface area contributed by atoms with Gasteiger partial charge in [-0.1, -0.05) is 12.1 Å². The highest BCUT2D eigenvalue weighted by atomic mass is 16.5. The van der Waals surface area contributed by atoms with E-state index in [1.54, 1.807) is 6.33 Å². The number of aromatic nitrogens is 3. The van der Waals surface area contributed by atoms with Crippen molar-refractivity contribution in [1.82, 2.24) is 15.0 Å². The number of hydrogen-bond donors (Lipinski definition) is 1. The first-order valence-corrected chi connectivity index (χ1v) is 6.89. The molecule has 0 aliphatic carbocycles. The minimum atomic E-state index is 0.658. The standard InChI is InChI=1S/C16H14N4O/c1-10-13(8-19-16-15(10)18-4-5-21-16)11-2-3-12-7-17-9-20-14(12)6-11/h2-3,6-9,18H,4-5H2,1H3. The van der Waals surface area contributed by atoms with Gasteiger partial charge >= 0.3 is 0 Å². The molecule has 0 bridgehead atoms. The van der Waals surface area contributed by atoms with Gasteiger partial charge in [0.2, 0.25) is 5.88 Å². The third-order valence-electron chi connectivity index (χ3n) is 3.76. The third kappa shape index (κ3) is 1.98. The van der Waals surface area contributed by atoms with Crippen molar-refractivity contribution in [3.05, 3.63) is 42.5 Å². The second-order valence-electron chi connectivity index (χ2n) is 5.05. The predicted octanol–water partition coefficient (Wildman–Crippen LogP) is 2.80. The molecule has 3 heterocycles. The summed E-state index contributed by atoms with van der Waals surface area (Å²) in [6.07, 6.45) is 5.25. The van der Waals surface area contributed by atoms with Gasteiger partial charge in [-0.2, -0.15) is 0 Å². The zero-order chi connectivity index (χ0) is 14.2. The Kier molecular flexibility index (Phi) is 2.70. The predicted molar refractivity (Wildman–Crippen MR) is 81.5 cm³/mol. The fourth-order valence-corrected chi connectivity index (χ4v) is 2.65. The molecule has 1 aliphatic heterocycles. The number of ether oxygens (including phenoxy) is 1. The van der Waals surface area contributed by atoms with E-state index in [9.17, 15) is 0 Å². The molecule has 0 saturated heterocycles. The zero-order valence-corrected chi connectivity index (χ0v) is 11.6. The van der Waals surface area contributed by atoms with E-state index in [0.717, 1.165) is 39.8 Å². The lowest BCUT2D eigenvalue weighted by atomic mass is 10.00. The molecule has 0 unspecified atom stereocenters. The fourth-order valence-electron chi connectivity index (χ4n) is 2.65. The Labute approximate surface area is 122 Å². The smallest absolute Gasteiger partial charge is 0.237 e. The Morgan fingerprint density at radius 3 is 3.10 bits per heavy atom. The molecule has 3 aromatic rings. The van der Waals surface area contributed by atoms with Crippen LogP contribution in [-0.2, 0) is 0 Å². The summed E-state index contributed by atoms with van der Waals surface area (Å²) in [7, 11) is 0. The van der Waals surface area contributed by atoms with Crippen molar-refractivity contribution < 1.29 is 4.74 Å². The van der Waals surface area contributed by atoms with Gasteiger partial charge < -0.3 is 10.1 Å². The molecule has 0 atom stereocenters.